The molecule has 0 atom stereocenters. The van der Waals surface area contributed by atoms with E-state index in [4.69, 9.17) is 4.98 Å². The summed E-state index contributed by atoms with van der Waals surface area (Å²) in [6, 6.07) is 13.5. The first-order valence-electron chi connectivity index (χ1n) is 11.9. The topological polar surface area (TPSA) is 57.9 Å². The van der Waals surface area contributed by atoms with E-state index >= 15 is 0 Å². The van der Waals surface area contributed by atoms with Crippen molar-refractivity contribution in [2.45, 2.75) is 33.1 Å². The molecule has 0 unspecified atom stereocenters. The second kappa shape index (κ2) is 10.5. The van der Waals surface area contributed by atoms with Gasteiger partial charge in [-0.3, -0.25) is 14.0 Å². The first-order valence-corrected chi connectivity index (χ1v) is 12.7. The Morgan fingerprint density at radius 2 is 1.68 bits per heavy atom. The van der Waals surface area contributed by atoms with Gasteiger partial charge in [0.2, 0.25) is 0 Å². The lowest BCUT2D eigenvalue weighted by molar-refractivity contribution is 0.0827. The van der Waals surface area contributed by atoms with E-state index in [0.29, 0.717) is 12.0 Å². The SMILES string of the molecule is CCN(CC)CCCCC(=O)c1ccc2c(c1)sc1nc(-c3ccc(C(=O)N(C)C)cc3)cn12. The number of rotatable bonds is 10. The number of aromatic nitrogens is 2. The number of hydrogen-bond donors (Lipinski definition) is 0. The fourth-order valence-corrected chi connectivity index (χ4v) is 5.21. The monoisotopic (exact) mass is 476 g/mol. The maximum absolute atomic E-state index is 12.7. The molecule has 1 amide bonds. The molecule has 4 rings (SSSR count). The minimum absolute atomic E-state index is 0.0161. The summed E-state index contributed by atoms with van der Waals surface area (Å²) in [7, 11) is 3.49. The molecule has 7 heteroatoms. The van der Waals surface area contributed by atoms with Gasteiger partial charge in [0.15, 0.2) is 10.7 Å². The van der Waals surface area contributed by atoms with Crippen LogP contribution in [-0.4, -0.2) is 64.6 Å². The molecule has 0 aliphatic rings. The molecule has 2 aromatic carbocycles. The number of unbranched alkanes of at least 4 members (excludes halogenated alkanes) is 1. The van der Waals surface area contributed by atoms with Crippen molar-refractivity contribution in [3.63, 3.8) is 0 Å². The third kappa shape index (κ3) is 5.05. The Bertz CT molecular complexity index is 1300. The molecule has 0 fully saturated rings. The van der Waals surface area contributed by atoms with Crippen molar-refractivity contribution < 1.29 is 9.59 Å². The number of nitrogens with zero attached hydrogens (tertiary/aromatic N) is 4. The van der Waals surface area contributed by atoms with Crippen LogP contribution < -0.4 is 0 Å². The van der Waals surface area contributed by atoms with Gasteiger partial charge in [0.1, 0.15) is 0 Å². The standard InChI is InChI=1S/C27H32N4O2S/c1-5-30(6-2)16-8-7-9-24(32)21-14-15-23-25(17-21)34-27-28-22(18-31(23)27)19-10-12-20(13-11-19)26(33)29(3)4/h10-15,17-18H,5-9,16H2,1-4H3. The van der Waals surface area contributed by atoms with Gasteiger partial charge in [-0.1, -0.05) is 37.3 Å². The Morgan fingerprint density at radius 1 is 0.971 bits per heavy atom. The Morgan fingerprint density at radius 3 is 2.35 bits per heavy atom. The van der Waals surface area contributed by atoms with E-state index in [0.717, 1.165) is 64.5 Å². The maximum atomic E-state index is 12.7. The Balaban J connectivity index is 1.47. The highest BCUT2D eigenvalue weighted by molar-refractivity contribution is 7.23. The van der Waals surface area contributed by atoms with Gasteiger partial charge < -0.3 is 9.80 Å². The highest BCUT2D eigenvalue weighted by Crippen LogP contribution is 2.30. The molecular weight excluding hydrogens is 444 g/mol. The number of thiazole rings is 1. The van der Waals surface area contributed by atoms with Gasteiger partial charge in [0.25, 0.3) is 5.91 Å². The Kier molecular flexibility index (Phi) is 7.44. The molecule has 0 aliphatic heterocycles. The molecular formula is C27H32N4O2S. The zero-order chi connectivity index (χ0) is 24.2. The highest BCUT2D eigenvalue weighted by Gasteiger charge is 2.14. The van der Waals surface area contributed by atoms with Gasteiger partial charge in [0.05, 0.1) is 15.9 Å². The number of amides is 1. The van der Waals surface area contributed by atoms with Crippen LogP contribution in [0.2, 0.25) is 0 Å². The lowest BCUT2D eigenvalue weighted by Crippen LogP contribution is -2.24. The molecule has 0 saturated heterocycles. The largest absolute Gasteiger partial charge is 0.345 e. The number of benzene rings is 2. The van der Waals surface area contributed by atoms with Crippen LogP contribution in [0.1, 0.15) is 53.8 Å². The van der Waals surface area contributed by atoms with Crippen LogP contribution in [0.5, 0.6) is 0 Å². The van der Waals surface area contributed by atoms with Crippen LogP contribution >= 0.6 is 11.3 Å². The summed E-state index contributed by atoms with van der Waals surface area (Å²) in [4.78, 5) is 34.5. The van der Waals surface area contributed by atoms with Crippen molar-refractivity contribution in [2.24, 2.45) is 0 Å². The fourth-order valence-electron chi connectivity index (χ4n) is 4.16. The van der Waals surface area contributed by atoms with Crippen LogP contribution in [0.15, 0.2) is 48.7 Å². The van der Waals surface area contributed by atoms with E-state index in [1.165, 1.54) is 0 Å². The average molecular weight is 477 g/mol. The predicted octanol–water partition coefficient (Wildman–Crippen LogP) is 5.61. The number of ketones is 1. The minimum atomic E-state index is -0.0161. The van der Waals surface area contributed by atoms with Crippen LogP contribution in [0, 0.1) is 0 Å². The average Bonchev–Trinajstić information content (AvgIpc) is 3.41. The molecule has 34 heavy (non-hydrogen) atoms. The molecule has 2 aromatic heterocycles. The molecule has 0 saturated carbocycles. The second-order valence-electron chi connectivity index (χ2n) is 8.75. The van der Waals surface area contributed by atoms with E-state index in [1.807, 2.05) is 48.7 Å². The quantitative estimate of drug-likeness (QED) is 0.220. The highest BCUT2D eigenvalue weighted by atomic mass is 32.1. The smallest absolute Gasteiger partial charge is 0.253 e. The maximum Gasteiger partial charge on any atom is 0.253 e. The summed E-state index contributed by atoms with van der Waals surface area (Å²) >= 11 is 1.59. The normalized spacial score (nSPS) is 11.6. The molecule has 4 aromatic rings. The number of imidazole rings is 1. The van der Waals surface area contributed by atoms with Gasteiger partial charge >= 0.3 is 0 Å². The molecule has 0 spiro atoms. The van der Waals surface area contributed by atoms with Crippen molar-refractivity contribution in [1.29, 1.82) is 0 Å². The zero-order valence-electron chi connectivity index (χ0n) is 20.4. The summed E-state index contributed by atoms with van der Waals surface area (Å²) in [5.41, 5.74) is 4.32. The van der Waals surface area contributed by atoms with Crippen molar-refractivity contribution >= 4 is 38.2 Å². The first kappa shape index (κ1) is 24.1. The van der Waals surface area contributed by atoms with Gasteiger partial charge in [-0.05, 0) is 62.8 Å². The summed E-state index contributed by atoms with van der Waals surface area (Å²) in [5.74, 6) is 0.193. The molecule has 0 N–H and O–H groups in total. The molecule has 6 nitrogen and oxygen atoms in total. The van der Waals surface area contributed by atoms with Gasteiger partial charge in [-0.15, -0.1) is 0 Å². The van der Waals surface area contributed by atoms with E-state index in [1.54, 1.807) is 30.3 Å². The van der Waals surface area contributed by atoms with Crippen LogP contribution in [0.25, 0.3) is 26.4 Å². The molecule has 178 valence electrons. The molecule has 0 aliphatic carbocycles. The Labute approximate surface area is 204 Å². The lowest BCUT2D eigenvalue weighted by atomic mass is 10.1. The van der Waals surface area contributed by atoms with E-state index in [-0.39, 0.29) is 11.7 Å². The lowest BCUT2D eigenvalue weighted by Gasteiger charge is -2.17. The number of Topliss-reactive ketones (excluding diaryl/α,β-unsaturated/α-hetero) is 1. The fraction of sp³-hybridized carbons (Fsp3) is 0.370. The summed E-state index contributed by atoms with van der Waals surface area (Å²) in [6.45, 7) is 7.52. The van der Waals surface area contributed by atoms with Crippen molar-refractivity contribution in [3.8, 4) is 11.3 Å². The number of carbonyl (C=O) groups excluding carboxylic acids is 2. The Hall–Kier alpha value is -3.03. The first-order chi connectivity index (χ1) is 16.4. The molecule has 0 bridgehead atoms. The van der Waals surface area contributed by atoms with E-state index < -0.39 is 0 Å². The van der Waals surface area contributed by atoms with Gasteiger partial charge in [-0.25, -0.2) is 4.98 Å². The van der Waals surface area contributed by atoms with Crippen molar-refractivity contribution in [3.05, 3.63) is 59.8 Å². The van der Waals surface area contributed by atoms with Gasteiger partial charge in [-0.2, -0.15) is 0 Å². The van der Waals surface area contributed by atoms with Crippen LogP contribution in [0.3, 0.4) is 0 Å². The third-order valence-electron chi connectivity index (χ3n) is 6.27. The second-order valence-corrected chi connectivity index (χ2v) is 9.76. The molecule has 2 heterocycles. The zero-order valence-corrected chi connectivity index (χ0v) is 21.2. The van der Waals surface area contributed by atoms with E-state index in [9.17, 15) is 9.59 Å². The van der Waals surface area contributed by atoms with Crippen molar-refractivity contribution in [1.82, 2.24) is 19.2 Å². The number of carbonyl (C=O) groups is 2. The molecule has 0 radical (unpaired) electrons. The number of hydrogen-bond acceptors (Lipinski definition) is 5. The summed E-state index contributed by atoms with van der Waals surface area (Å²) in [5, 5.41) is 0. The minimum Gasteiger partial charge on any atom is -0.345 e. The number of fused-ring (bicyclic) bond motifs is 3. The third-order valence-corrected chi connectivity index (χ3v) is 7.29. The summed E-state index contributed by atoms with van der Waals surface area (Å²) in [6.07, 6.45) is 4.58. The van der Waals surface area contributed by atoms with E-state index in [2.05, 4.69) is 23.1 Å². The van der Waals surface area contributed by atoms with Crippen LogP contribution in [-0.2, 0) is 0 Å². The van der Waals surface area contributed by atoms with Gasteiger partial charge in [0, 0.05) is 43.4 Å². The van der Waals surface area contributed by atoms with Crippen molar-refractivity contribution in [2.75, 3.05) is 33.7 Å². The van der Waals surface area contributed by atoms with Crippen LogP contribution in [0.4, 0.5) is 0 Å². The summed E-state index contributed by atoms with van der Waals surface area (Å²) < 4.78 is 3.14. The predicted molar refractivity (Wildman–Crippen MR) is 140 cm³/mol.